The Hall–Kier alpha value is -1.14. The fourth-order valence-electron chi connectivity index (χ4n) is 2.02. The number of hydrogen-bond donors (Lipinski definition) is 1. The lowest BCUT2D eigenvalue weighted by Crippen LogP contribution is -2.60. The van der Waals surface area contributed by atoms with Crippen molar-refractivity contribution in [2.75, 3.05) is 26.9 Å². The molecule has 1 unspecified atom stereocenters. The zero-order valence-corrected chi connectivity index (χ0v) is 11.8. The summed E-state index contributed by atoms with van der Waals surface area (Å²) in [5.41, 5.74) is -0.921. The van der Waals surface area contributed by atoms with Crippen LogP contribution in [0.5, 0.6) is 0 Å². The zero-order valence-electron chi connectivity index (χ0n) is 11.8. The van der Waals surface area contributed by atoms with Crippen LogP contribution in [0.1, 0.15) is 26.7 Å². The maximum Gasteiger partial charge on any atom is 0.255 e. The quantitative estimate of drug-likeness (QED) is 0.775. The number of carbonyl (C=O) groups is 2. The molecule has 0 aromatic heterocycles. The van der Waals surface area contributed by atoms with Crippen LogP contribution in [-0.4, -0.2) is 61.3 Å². The van der Waals surface area contributed by atoms with Crippen molar-refractivity contribution in [2.24, 2.45) is 0 Å². The summed E-state index contributed by atoms with van der Waals surface area (Å²) in [6.07, 6.45) is 2.05. The largest absolute Gasteiger partial charge is 0.377 e. The minimum Gasteiger partial charge on any atom is -0.377 e. The van der Waals surface area contributed by atoms with Crippen molar-refractivity contribution in [2.45, 2.75) is 44.4 Å². The summed E-state index contributed by atoms with van der Waals surface area (Å²) in [7, 11) is 1.50. The summed E-state index contributed by atoms with van der Waals surface area (Å²) in [5, 5.41) is 2.92. The maximum atomic E-state index is 12.4. The Kier molecular flexibility index (Phi) is 4.10. The number of methoxy groups -OCH3 is 1. The molecule has 6 heteroatoms. The van der Waals surface area contributed by atoms with Gasteiger partial charge in [0.15, 0.2) is 0 Å². The molecule has 1 aliphatic carbocycles. The third kappa shape index (κ3) is 3.25. The SMILES string of the molecule is COC(C)(C)C(=O)N1CCOCC1C(=O)NC1CC1. The van der Waals surface area contributed by atoms with Crippen molar-refractivity contribution in [1.82, 2.24) is 10.2 Å². The Balaban J connectivity index is 2.06. The van der Waals surface area contributed by atoms with Crippen LogP contribution in [0, 0.1) is 0 Å². The van der Waals surface area contributed by atoms with E-state index in [9.17, 15) is 9.59 Å². The topological polar surface area (TPSA) is 67.9 Å². The summed E-state index contributed by atoms with van der Waals surface area (Å²) in [5.74, 6) is -0.295. The molecule has 0 bridgehead atoms. The summed E-state index contributed by atoms with van der Waals surface area (Å²) in [6.45, 7) is 4.55. The fourth-order valence-corrected chi connectivity index (χ4v) is 2.02. The molecule has 1 N–H and O–H groups in total. The van der Waals surface area contributed by atoms with E-state index in [1.807, 2.05) is 0 Å². The smallest absolute Gasteiger partial charge is 0.255 e. The van der Waals surface area contributed by atoms with Crippen LogP contribution in [0.3, 0.4) is 0 Å². The van der Waals surface area contributed by atoms with Crippen LogP contribution in [0.2, 0.25) is 0 Å². The molecule has 6 nitrogen and oxygen atoms in total. The molecule has 0 spiro atoms. The number of carbonyl (C=O) groups excluding carboxylic acids is 2. The van der Waals surface area contributed by atoms with Gasteiger partial charge >= 0.3 is 0 Å². The molecule has 2 rings (SSSR count). The highest BCUT2D eigenvalue weighted by Crippen LogP contribution is 2.21. The second-order valence-electron chi connectivity index (χ2n) is 5.59. The number of morpholine rings is 1. The zero-order chi connectivity index (χ0) is 14.0. The standard InChI is InChI=1S/C13H22N2O4/c1-13(2,18-3)12(17)15-6-7-19-8-10(15)11(16)14-9-4-5-9/h9-10H,4-8H2,1-3H3,(H,14,16). The molecule has 2 aliphatic rings. The van der Waals surface area contributed by atoms with E-state index in [4.69, 9.17) is 9.47 Å². The van der Waals surface area contributed by atoms with Crippen LogP contribution in [0.25, 0.3) is 0 Å². The van der Waals surface area contributed by atoms with Gasteiger partial charge in [-0.3, -0.25) is 9.59 Å². The predicted octanol–water partition coefficient (Wildman–Crippen LogP) is -0.0826. The van der Waals surface area contributed by atoms with Crippen LogP contribution >= 0.6 is 0 Å². The Morgan fingerprint density at radius 1 is 1.37 bits per heavy atom. The number of ether oxygens (including phenoxy) is 2. The van der Waals surface area contributed by atoms with E-state index < -0.39 is 11.6 Å². The first-order chi connectivity index (χ1) is 8.95. The average molecular weight is 270 g/mol. The second kappa shape index (κ2) is 5.46. The monoisotopic (exact) mass is 270 g/mol. The molecule has 0 radical (unpaired) electrons. The summed E-state index contributed by atoms with van der Waals surface area (Å²) < 4.78 is 10.5. The molecule has 1 atom stereocenters. The van der Waals surface area contributed by atoms with Crippen LogP contribution in [-0.2, 0) is 19.1 Å². The van der Waals surface area contributed by atoms with Gasteiger partial charge in [-0.05, 0) is 26.7 Å². The molecule has 1 saturated heterocycles. The number of nitrogens with one attached hydrogen (secondary N) is 1. The lowest BCUT2D eigenvalue weighted by atomic mass is 10.1. The van der Waals surface area contributed by atoms with Crippen molar-refractivity contribution >= 4 is 11.8 Å². The highest BCUT2D eigenvalue weighted by Gasteiger charge is 2.40. The van der Waals surface area contributed by atoms with E-state index >= 15 is 0 Å². The van der Waals surface area contributed by atoms with Crippen molar-refractivity contribution in [3.63, 3.8) is 0 Å². The molecular formula is C13H22N2O4. The Bertz CT molecular complexity index is 366. The Labute approximate surface area is 113 Å². The van der Waals surface area contributed by atoms with Gasteiger partial charge < -0.3 is 19.7 Å². The Morgan fingerprint density at radius 2 is 2.05 bits per heavy atom. The number of nitrogens with zero attached hydrogens (tertiary/aromatic N) is 1. The summed E-state index contributed by atoms with van der Waals surface area (Å²) >= 11 is 0. The van der Waals surface area contributed by atoms with Crippen LogP contribution in [0.15, 0.2) is 0 Å². The van der Waals surface area contributed by atoms with Gasteiger partial charge in [-0.1, -0.05) is 0 Å². The lowest BCUT2D eigenvalue weighted by molar-refractivity contribution is -0.163. The first-order valence-corrected chi connectivity index (χ1v) is 6.70. The van der Waals surface area contributed by atoms with E-state index in [0.717, 1.165) is 12.8 Å². The van der Waals surface area contributed by atoms with Gasteiger partial charge in [0.25, 0.3) is 5.91 Å². The number of rotatable bonds is 4. The first-order valence-electron chi connectivity index (χ1n) is 6.70. The van der Waals surface area contributed by atoms with Crippen molar-refractivity contribution in [1.29, 1.82) is 0 Å². The summed E-state index contributed by atoms with van der Waals surface area (Å²) in [4.78, 5) is 26.2. The number of amides is 2. The molecule has 19 heavy (non-hydrogen) atoms. The highest BCUT2D eigenvalue weighted by molar-refractivity contribution is 5.91. The van der Waals surface area contributed by atoms with Gasteiger partial charge in [-0.2, -0.15) is 0 Å². The fraction of sp³-hybridized carbons (Fsp3) is 0.846. The molecular weight excluding hydrogens is 248 g/mol. The molecule has 2 amide bonds. The van der Waals surface area contributed by atoms with Gasteiger partial charge in [-0.15, -0.1) is 0 Å². The minimum absolute atomic E-state index is 0.123. The normalized spacial score (nSPS) is 24.2. The maximum absolute atomic E-state index is 12.4. The lowest BCUT2D eigenvalue weighted by Gasteiger charge is -2.38. The van der Waals surface area contributed by atoms with Gasteiger partial charge in [0, 0.05) is 19.7 Å². The molecule has 1 heterocycles. The van der Waals surface area contributed by atoms with Crippen molar-refractivity contribution in [3.8, 4) is 0 Å². The molecule has 0 aromatic rings. The molecule has 2 fully saturated rings. The van der Waals surface area contributed by atoms with Crippen molar-refractivity contribution in [3.05, 3.63) is 0 Å². The van der Waals surface area contributed by atoms with Crippen LogP contribution < -0.4 is 5.32 Å². The van der Waals surface area contributed by atoms with Gasteiger partial charge in [0.05, 0.1) is 13.2 Å². The first kappa shape index (κ1) is 14.3. The molecule has 1 saturated carbocycles. The second-order valence-corrected chi connectivity index (χ2v) is 5.59. The van der Waals surface area contributed by atoms with E-state index in [-0.39, 0.29) is 24.5 Å². The predicted molar refractivity (Wildman–Crippen MR) is 68.6 cm³/mol. The van der Waals surface area contributed by atoms with E-state index in [0.29, 0.717) is 13.2 Å². The molecule has 1 aliphatic heterocycles. The Morgan fingerprint density at radius 3 is 2.63 bits per heavy atom. The number of hydrogen-bond acceptors (Lipinski definition) is 4. The van der Waals surface area contributed by atoms with E-state index in [1.54, 1.807) is 18.7 Å². The van der Waals surface area contributed by atoms with Crippen molar-refractivity contribution < 1.29 is 19.1 Å². The molecule has 0 aromatic carbocycles. The van der Waals surface area contributed by atoms with Gasteiger partial charge in [0.2, 0.25) is 5.91 Å². The van der Waals surface area contributed by atoms with E-state index in [2.05, 4.69) is 5.32 Å². The third-order valence-electron chi connectivity index (χ3n) is 3.64. The highest BCUT2D eigenvalue weighted by atomic mass is 16.5. The third-order valence-corrected chi connectivity index (χ3v) is 3.64. The van der Waals surface area contributed by atoms with Gasteiger partial charge in [0.1, 0.15) is 11.6 Å². The van der Waals surface area contributed by atoms with E-state index in [1.165, 1.54) is 7.11 Å². The van der Waals surface area contributed by atoms with Crippen LogP contribution in [0.4, 0.5) is 0 Å². The minimum atomic E-state index is -0.921. The van der Waals surface area contributed by atoms with Gasteiger partial charge in [-0.25, -0.2) is 0 Å². The average Bonchev–Trinajstić information content (AvgIpc) is 3.21. The summed E-state index contributed by atoms with van der Waals surface area (Å²) in [6, 6.07) is -0.266. The molecule has 108 valence electrons.